The number of hydrogen-bond donors (Lipinski definition) is 4. The predicted molar refractivity (Wildman–Crippen MR) is 191 cm³/mol. The van der Waals surface area contributed by atoms with Crippen molar-refractivity contribution in [1.29, 1.82) is 0 Å². The maximum Gasteiger partial charge on any atom is 0.311 e. The number of cyclic esters (lactones) is 1. The highest BCUT2D eigenvalue weighted by Gasteiger charge is 2.54. The lowest BCUT2D eigenvalue weighted by atomic mass is 9.74. The summed E-state index contributed by atoms with van der Waals surface area (Å²) in [6.07, 6.45) is -8.73. The molecule has 0 aromatic rings. The number of methoxy groups -OCH3 is 2. The zero-order valence-electron chi connectivity index (χ0n) is 33.9. The van der Waals surface area contributed by atoms with Gasteiger partial charge in [-0.3, -0.25) is 9.59 Å². The van der Waals surface area contributed by atoms with Crippen LogP contribution >= 0.6 is 0 Å². The van der Waals surface area contributed by atoms with E-state index >= 15 is 0 Å². The van der Waals surface area contributed by atoms with Gasteiger partial charge in [0.1, 0.15) is 29.7 Å². The molecule has 4 unspecified atom stereocenters. The molecule has 304 valence electrons. The topological polar surface area (TPSA) is 183 Å². The van der Waals surface area contributed by atoms with Crippen LogP contribution in [0.5, 0.6) is 0 Å². The minimum atomic E-state index is -1.96. The van der Waals surface area contributed by atoms with E-state index in [1.54, 1.807) is 48.5 Å². The summed E-state index contributed by atoms with van der Waals surface area (Å²) in [6, 6.07) is -0.283. The van der Waals surface area contributed by atoms with Crippen LogP contribution in [0.1, 0.15) is 94.9 Å². The van der Waals surface area contributed by atoms with Gasteiger partial charge in [0.25, 0.3) is 0 Å². The number of aliphatic hydroxyl groups is 4. The molecule has 0 saturated carbocycles. The Bertz CT molecular complexity index is 1190. The third kappa shape index (κ3) is 9.38. The smallest absolute Gasteiger partial charge is 0.311 e. The highest BCUT2D eigenvalue weighted by molar-refractivity contribution is 5.83. The number of nitrogens with zero attached hydrogens (tertiary/aromatic N) is 1. The number of ether oxygens (including phenoxy) is 7. The minimum absolute atomic E-state index is 0.111. The normalized spacial score (nSPS) is 49.0. The number of esters is 1. The zero-order valence-corrected chi connectivity index (χ0v) is 33.9. The second-order valence-electron chi connectivity index (χ2n) is 16.6. The Morgan fingerprint density at radius 3 is 1.98 bits per heavy atom. The number of hydrogen-bond acceptors (Lipinski definition) is 14. The first-order chi connectivity index (χ1) is 24.0. The molecular formula is C38H69NO13. The van der Waals surface area contributed by atoms with E-state index in [4.69, 9.17) is 33.2 Å². The standard InChI is InChI=1S/C38H69NO13/c1-15-26-38(10,45)31(42)21(4)28(40)19(2)17-37(9,47-14)33(52-35-29(41)25(39(11)12)16-20(3)48-35)22(5)30(23(6)34(44)50-26)51-27-18-36(8,46-13)32(43)24(7)49-27/h19-27,29-33,35,41-43,45H,15-18H2,1-14H3/t19-,20+,21+,22+,23-,24-,25?,26-,27+,29?,30+,31-,32?,33-,35+,36?,37-,38-/m1/s1. The number of Topliss-reactive ketones (excluding diaryl/α,β-unsaturated/α-hetero) is 1. The van der Waals surface area contributed by atoms with Crippen molar-refractivity contribution in [3.05, 3.63) is 0 Å². The molecule has 0 bridgehead atoms. The van der Waals surface area contributed by atoms with Crippen molar-refractivity contribution in [2.24, 2.45) is 23.7 Å². The maximum absolute atomic E-state index is 14.2. The third-order valence-corrected chi connectivity index (χ3v) is 12.3. The van der Waals surface area contributed by atoms with E-state index in [-0.39, 0.29) is 37.2 Å². The number of rotatable bonds is 8. The lowest BCUT2D eigenvalue weighted by Gasteiger charge is -2.50. The number of aliphatic hydroxyl groups excluding tert-OH is 3. The Morgan fingerprint density at radius 2 is 1.44 bits per heavy atom. The van der Waals surface area contributed by atoms with Gasteiger partial charge in [0.15, 0.2) is 12.6 Å². The Hall–Kier alpha value is -1.30. The summed E-state index contributed by atoms with van der Waals surface area (Å²) < 4.78 is 43.9. The molecule has 3 rings (SSSR count). The molecule has 0 aromatic heterocycles. The molecule has 0 radical (unpaired) electrons. The van der Waals surface area contributed by atoms with Gasteiger partial charge in [0, 0.05) is 44.4 Å². The Balaban J connectivity index is 2.22. The van der Waals surface area contributed by atoms with Gasteiger partial charge < -0.3 is 58.5 Å². The maximum atomic E-state index is 14.2. The molecule has 3 fully saturated rings. The summed E-state index contributed by atoms with van der Waals surface area (Å²) in [4.78, 5) is 30.1. The lowest BCUT2D eigenvalue weighted by Crippen LogP contribution is -2.61. The second-order valence-corrected chi connectivity index (χ2v) is 16.6. The van der Waals surface area contributed by atoms with Crippen LogP contribution in [0.2, 0.25) is 0 Å². The van der Waals surface area contributed by atoms with Crippen molar-refractivity contribution < 1.29 is 63.2 Å². The van der Waals surface area contributed by atoms with E-state index < -0.39 is 102 Å². The van der Waals surface area contributed by atoms with Gasteiger partial charge in [-0.2, -0.15) is 0 Å². The molecule has 3 aliphatic rings. The summed E-state index contributed by atoms with van der Waals surface area (Å²) in [5.41, 5.74) is -4.24. The number of carbonyl (C=O) groups is 2. The molecule has 0 amide bonds. The summed E-state index contributed by atoms with van der Waals surface area (Å²) in [5.74, 6) is -4.47. The fourth-order valence-corrected chi connectivity index (χ4v) is 8.58. The molecule has 0 aromatic carbocycles. The largest absolute Gasteiger partial charge is 0.459 e. The predicted octanol–water partition coefficient (Wildman–Crippen LogP) is 2.44. The summed E-state index contributed by atoms with van der Waals surface area (Å²) in [7, 11) is 6.77. The van der Waals surface area contributed by atoms with E-state index in [0.29, 0.717) is 6.42 Å². The first-order valence-corrected chi connectivity index (χ1v) is 18.9. The molecule has 3 aliphatic heterocycles. The Labute approximate surface area is 310 Å². The van der Waals surface area contributed by atoms with Crippen molar-refractivity contribution >= 4 is 11.8 Å². The van der Waals surface area contributed by atoms with Crippen LogP contribution in [0.3, 0.4) is 0 Å². The van der Waals surface area contributed by atoms with Crippen molar-refractivity contribution in [1.82, 2.24) is 4.90 Å². The van der Waals surface area contributed by atoms with E-state index in [9.17, 15) is 30.0 Å². The highest BCUT2D eigenvalue weighted by Crippen LogP contribution is 2.41. The summed E-state index contributed by atoms with van der Waals surface area (Å²) in [5, 5.41) is 45.6. The van der Waals surface area contributed by atoms with Crippen LogP contribution in [0, 0.1) is 23.7 Å². The van der Waals surface area contributed by atoms with Crippen LogP contribution in [0.25, 0.3) is 0 Å². The average Bonchev–Trinajstić information content (AvgIpc) is 3.09. The van der Waals surface area contributed by atoms with Gasteiger partial charge in [-0.1, -0.05) is 27.7 Å². The first kappa shape index (κ1) is 45.1. The van der Waals surface area contributed by atoms with Crippen LogP contribution in [-0.2, 0) is 42.7 Å². The minimum Gasteiger partial charge on any atom is -0.459 e. The van der Waals surface area contributed by atoms with Crippen molar-refractivity contribution in [2.45, 2.75) is 179 Å². The van der Waals surface area contributed by atoms with Crippen LogP contribution in [0.15, 0.2) is 0 Å². The second kappa shape index (κ2) is 17.7. The first-order valence-electron chi connectivity index (χ1n) is 18.9. The molecule has 14 heteroatoms. The highest BCUT2D eigenvalue weighted by atomic mass is 16.7. The summed E-state index contributed by atoms with van der Waals surface area (Å²) >= 11 is 0. The SMILES string of the molecule is CC[C@H]1OC(=O)[C@H](C)[C@@H](O[C@H]2CC(C)(OC)C(O)[C@@H](C)O2)[C@H](C)[C@@H](O[C@@H]2O[C@@H](C)CC(N(C)C)C2O)[C@](C)(OC)C[C@@H](C)C(=O)[C@H](C)[C@@H](O)[C@]1(C)O. The van der Waals surface area contributed by atoms with Gasteiger partial charge in [-0.05, 0) is 74.9 Å². The monoisotopic (exact) mass is 747 g/mol. The Morgan fingerprint density at radius 1 is 0.846 bits per heavy atom. The quantitative estimate of drug-likeness (QED) is 0.266. The number of ketones is 1. The fourth-order valence-electron chi connectivity index (χ4n) is 8.58. The molecule has 0 aliphatic carbocycles. The van der Waals surface area contributed by atoms with Crippen molar-refractivity contribution in [3.63, 3.8) is 0 Å². The molecule has 14 nitrogen and oxygen atoms in total. The third-order valence-electron chi connectivity index (χ3n) is 12.3. The van der Waals surface area contributed by atoms with Gasteiger partial charge in [-0.25, -0.2) is 0 Å². The molecule has 52 heavy (non-hydrogen) atoms. The van der Waals surface area contributed by atoms with Gasteiger partial charge in [0.2, 0.25) is 0 Å². The van der Waals surface area contributed by atoms with E-state index in [2.05, 4.69) is 0 Å². The van der Waals surface area contributed by atoms with Crippen molar-refractivity contribution in [3.8, 4) is 0 Å². The van der Waals surface area contributed by atoms with E-state index in [1.807, 2.05) is 32.8 Å². The molecule has 3 saturated heterocycles. The van der Waals surface area contributed by atoms with Crippen molar-refractivity contribution in [2.75, 3.05) is 28.3 Å². The molecule has 18 atom stereocenters. The van der Waals surface area contributed by atoms with Gasteiger partial charge in [0.05, 0.1) is 47.6 Å². The fraction of sp³-hybridized carbons (Fsp3) is 0.947. The van der Waals surface area contributed by atoms with Crippen LogP contribution < -0.4 is 0 Å². The Kier molecular flexibility index (Phi) is 15.3. The van der Waals surface area contributed by atoms with Crippen LogP contribution in [0.4, 0.5) is 0 Å². The molecule has 0 spiro atoms. The summed E-state index contributed by atoms with van der Waals surface area (Å²) in [6.45, 7) is 17.1. The molecule has 4 N–H and O–H groups in total. The van der Waals surface area contributed by atoms with Gasteiger partial charge in [-0.15, -0.1) is 0 Å². The van der Waals surface area contributed by atoms with E-state index in [0.717, 1.165) is 0 Å². The van der Waals surface area contributed by atoms with E-state index in [1.165, 1.54) is 21.1 Å². The zero-order chi connectivity index (χ0) is 39.7. The van der Waals surface area contributed by atoms with Crippen LogP contribution in [-0.4, -0.2) is 150 Å². The van der Waals surface area contributed by atoms with Gasteiger partial charge >= 0.3 is 5.97 Å². The molecule has 3 heterocycles. The lowest BCUT2D eigenvalue weighted by molar-refractivity contribution is -0.319. The molecular weight excluding hydrogens is 678 g/mol. The number of carbonyl (C=O) groups excluding carboxylic acids is 2. The number of likely N-dealkylation sites (N-methyl/N-ethyl adjacent to an activating group) is 1. The average molecular weight is 748 g/mol.